The molecule has 0 saturated heterocycles. The fraction of sp³-hybridized carbons (Fsp3) is 0.412. The lowest BCUT2D eigenvalue weighted by molar-refractivity contribution is -0.151. The number of aromatic nitrogens is 3. The van der Waals surface area contributed by atoms with Crippen LogP contribution in [0, 0.1) is 5.92 Å². The van der Waals surface area contributed by atoms with Crippen molar-refractivity contribution in [3.8, 4) is 0 Å². The van der Waals surface area contributed by atoms with Gasteiger partial charge in [0, 0.05) is 5.69 Å². The molecule has 126 valence electrons. The third-order valence-electron chi connectivity index (χ3n) is 4.01. The Kier molecular flexibility index (Phi) is 5.20. The molecule has 7 nitrogen and oxygen atoms in total. The minimum absolute atomic E-state index is 0.000140. The van der Waals surface area contributed by atoms with Crippen LogP contribution in [0.2, 0.25) is 0 Å². The van der Waals surface area contributed by atoms with Gasteiger partial charge in [0.25, 0.3) is 0 Å². The number of nitrogens with two attached hydrogens (primary N) is 1. The third kappa shape index (κ3) is 4.41. The number of rotatable bonds is 5. The normalized spacial score (nSPS) is 15.0. The second-order valence-corrected chi connectivity index (χ2v) is 5.87. The van der Waals surface area contributed by atoms with Gasteiger partial charge in [0.05, 0.1) is 5.92 Å². The van der Waals surface area contributed by atoms with Crippen LogP contribution in [0.1, 0.15) is 37.9 Å². The van der Waals surface area contributed by atoms with Crippen LogP contribution in [0.3, 0.4) is 0 Å². The van der Waals surface area contributed by atoms with Crippen LogP contribution in [0.4, 0.5) is 17.6 Å². The Morgan fingerprint density at radius 2 is 1.88 bits per heavy atom. The monoisotopic (exact) mass is 327 g/mol. The van der Waals surface area contributed by atoms with Gasteiger partial charge in [-0.05, 0) is 25.0 Å². The lowest BCUT2D eigenvalue weighted by Crippen LogP contribution is -2.21. The summed E-state index contributed by atoms with van der Waals surface area (Å²) >= 11 is 0. The molecule has 1 aromatic carbocycles. The number of hydrogen-bond donors (Lipinski definition) is 2. The molecule has 1 heterocycles. The van der Waals surface area contributed by atoms with Gasteiger partial charge >= 0.3 is 5.97 Å². The zero-order valence-corrected chi connectivity index (χ0v) is 13.4. The van der Waals surface area contributed by atoms with E-state index in [1.165, 1.54) is 6.42 Å². The van der Waals surface area contributed by atoms with E-state index in [1.54, 1.807) is 0 Å². The van der Waals surface area contributed by atoms with Gasteiger partial charge in [-0.25, -0.2) is 0 Å². The van der Waals surface area contributed by atoms with E-state index in [-0.39, 0.29) is 24.4 Å². The van der Waals surface area contributed by atoms with Crippen molar-refractivity contribution in [1.29, 1.82) is 0 Å². The maximum Gasteiger partial charge on any atom is 0.309 e. The van der Waals surface area contributed by atoms with E-state index in [0.29, 0.717) is 11.8 Å². The second-order valence-electron chi connectivity index (χ2n) is 5.87. The smallest absolute Gasteiger partial charge is 0.309 e. The molecule has 3 N–H and O–H groups in total. The first-order valence-corrected chi connectivity index (χ1v) is 8.20. The summed E-state index contributed by atoms with van der Waals surface area (Å²) in [4.78, 5) is 24.4. The molecule has 0 radical (unpaired) electrons. The van der Waals surface area contributed by atoms with E-state index < -0.39 is 0 Å². The highest BCUT2D eigenvalue weighted by Gasteiger charge is 2.22. The van der Waals surface area contributed by atoms with Crippen molar-refractivity contribution in [3.05, 3.63) is 36.2 Å². The van der Waals surface area contributed by atoms with Crippen LogP contribution >= 0.6 is 0 Å². The molecule has 0 spiro atoms. The number of para-hydroxylation sites is 1. The minimum Gasteiger partial charge on any atom is -0.457 e. The van der Waals surface area contributed by atoms with E-state index in [4.69, 9.17) is 10.5 Å². The van der Waals surface area contributed by atoms with E-state index in [2.05, 4.69) is 20.3 Å². The predicted molar refractivity (Wildman–Crippen MR) is 90.3 cm³/mol. The number of ether oxygens (including phenoxy) is 1. The topological polar surface area (TPSA) is 103 Å². The molecule has 24 heavy (non-hydrogen) atoms. The average Bonchev–Trinajstić information content (AvgIpc) is 2.61. The van der Waals surface area contributed by atoms with Crippen molar-refractivity contribution in [2.45, 2.75) is 38.7 Å². The van der Waals surface area contributed by atoms with E-state index in [1.807, 2.05) is 30.3 Å². The van der Waals surface area contributed by atoms with Gasteiger partial charge in [-0.1, -0.05) is 37.5 Å². The summed E-state index contributed by atoms with van der Waals surface area (Å²) in [6, 6.07) is 9.51. The molecule has 0 aliphatic heterocycles. The summed E-state index contributed by atoms with van der Waals surface area (Å²) in [5.41, 5.74) is 6.56. The van der Waals surface area contributed by atoms with E-state index >= 15 is 0 Å². The van der Waals surface area contributed by atoms with Gasteiger partial charge in [-0.3, -0.25) is 4.79 Å². The van der Waals surface area contributed by atoms with Crippen molar-refractivity contribution < 1.29 is 9.53 Å². The Morgan fingerprint density at radius 1 is 1.12 bits per heavy atom. The van der Waals surface area contributed by atoms with Crippen LogP contribution in [-0.2, 0) is 16.1 Å². The first-order chi connectivity index (χ1) is 11.7. The average molecular weight is 327 g/mol. The van der Waals surface area contributed by atoms with Gasteiger partial charge in [0.15, 0.2) is 12.4 Å². The van der Waals surface area contributed by atoms with Gasteiger partial charge in [0.2, 0.25) is 11.9 Å². The second kappa shape index (κ2) is 7.72. The van der Waals surface area contributed by atoms with Crippen LogP contribution in [0.25, 0.3) is 0 Å². The largest absolute Gasteiger partial charge is 0.457 e. The fourth-order valence-corrected chi connectivity index (χ4v) is 2.80. The molecule has 1 aliphatic carbocycles. The molecular formula is C17H21N5O2. The highest BCUT2D eigenvalue weighted by molar-refractivity contribution is 5.72. The van der Waals surface area contributed by atoms with Gasteiger partial charge in [0.1, 0.15) is 0 Å². The zero-order chi connectivity index (χ0) is 16.8. The summed E-state index contributed by atoms with van der Waals surface area (Å²) in [5, 5.41) is 3.05. The lowest BCUT2D eigenvalue weighted by Gasteiger charge is -2.19. The zero-order valence-electron chi connectivity index (χ0n) is 13.4. The predicted octanol–water partition coefficient (Wildman–Crippen LogP) is 2.82. The van der Waals surface area contributed by atoms with Gasteiger partial charge in [-0.2, -0.15) is 15.0 Å². The molecule has 1 fully saturated rings. The molecule has 3 rings (SSSR count). The van der Waals surface area contributed by atoms with Crippen LogP contribution in [0.5, 0.6) is 0 Å². The van der Waals surface area contributed by atoms with Crippen molar-refractivity contribution >= 4 is 23.6 Å². The molecule has 0 atom stereocenters. The Hall–Kier alpha value is -2.70. The molecule has 0 bridgehead atoms. The molecule has 0 amide bonds. The van der Waals surface area contributed by atoms with E-state index in [9.17, 15) is 4.79 Å². The Bertz CT molecular complexity index is 687. The summed E-state index contributed by atoms with van der Waals surface area (Å²) in [6.07, 6.45) is 5.17. The number of hydrogen-bond acceptors (Lipinski definition) is 7. The lowest BCUT2D eigenvalue weighted by atomic mass is 9.89. The number of nitrogens with one attached hydrogen (secondary N) is 1. The Morgan fingerprint density at radius 3 is 2.62 bits per heavy atom. The maximum atomic E-state index is 12.1. The number of carbonyl (C=O) groups excluding carboxylic acids is 1. The van der Waals surface area contributed by atoms with Crippen molar-refractivity contribution in [2.24, 2.45) is 5.92 Å². The number of anilines is 3. The van der Waals surface area contributed by atoms with Crippen LogP contribution in [0.15, 0.2) is 30.3 Å². The molecule has 2 aromatic rings. The Balaban J connectivity index is 1.62. The van der Waals surface area contributed by atoms with E-state index in [0.717, 1.165) is 31.4 Å². The molecule has 1 saturated carbocycles. The summed E-state index contributed by atoms with van der Waals surface area (Å²) in [7, 11) is 0. The highest BCUT2D eigenvalue weighted by atomic mass is 16.5. The quantitative estimate of drug-likeness (QED) is 0.814. The molecule has 0 unspecified atom stereocenters. The summed E-state index contributed by atoms with van der Waals surface area (Å²) in [6.45, 7) is 0.00548. The van der Waals surface area contributed by atoms with Crippen molar-refractivity contribution in [3.63, 3.8) is 0 Å². The van der Waals surface area contributed by atoms with Crippen molar-refractivity contribution in [2.75, 3.05) is 11.1 Å². The molecule has 1 aliphatic rings. The van der Waals surface area contributed by atoms with Crippen LogP contribution < -0.4 is 11.1 Å². The summed E-state index contributed by atoms with van der Waals surface area (Å²) < 4.78 is 5.35. The van der Waals surface area contributed by atoms with Gasteiger partial charge < -0.3 is 15.8 Å². The third-order valence-corrected chi connectivity index (χ3v) is 4.01. The standard InChI is InChI=1S/C17H21N5O2/c18-16-20-14(11-24-15(23)12-7-3-1-4-8-12)21-17(22-16)19-13-9-5-2-6-10-13/h2,5-6,9-10,12H,1,3-4,7-8,11H2,(H3,18,19,20,21,22). The first kappa shape index (κ1) is 16.2. The molecule has 7 heteroatoms. The SMILES string of the molecule is Nc1nc(COC(=O)C2CCCCC2)nc(Nc2ccccc2)n1. The van der Waals surface area contributed by atoms with Gasteiger partial charge in [-0.15, -0.1) is 0 Å². The fourth-order valence-electron chi connectivity index (χ4n) is 2.80. The molecular weight excluding hydrogens is 306 g/mol. The number of esters is 1. The first-order valence-electron chi connectivity index (χ1n) is 8.20. The minimum atomic E-state index is -0.175. The number of nitrogen functional groups attached to an aromatic ring is 1. The van der Waals surface area contributed by atoms with Crippen molar-refractivity contribution in [1.82, 2.24) is 15.0 Å². The number of benzene rings is 1. The van der Waals surface area contributed by atoms with Crippen LogP contribution in [-0.4, -0.2) is 20.9 Å². The Labute approximate surface area is 140 Å². The molecule has 1 aromatic heterocycles. The maximum absolute atomic E-state index is 12.1. The number of carbonyl (C=O) groups is 1. The summed E-state index contributed by atoms with van der Waals surface area (Å²) in [5.74, 6) is 0.584. The highest BCUT2D eigenvalue weighted by Crippen LogP contribution is 2.25. The number of nitrogens with zero attached hydrogens (tertiary/aromatic N) is 3.